The smallest absolute Gasteiger partial charge is 0.142 e. The van der Waals surface area contributed by atoms with Crippen molar-refractivity contribution in [3.63, 3.8) is 0 Å². The average Bonchev–Trinajstić information content (AvgIpc) is 2.56. The second-order valence-electron chi connectivity index (χ2n) is 4.42. The number of hydrogen-bond acceptors (Lipinski definition) is 4. The molecule has 0 spiro atoms. The minimum absolute atomic E-state index is 0.510. The van der Waals surface area contributed by atoms with E-state index < -0.39 is 0 Å². The number of unbranched alkanes of at least 4 members (excludes halogenated alkanes) is 3. The Morgan fingerprint density at radius 3 is 2.69 bits per heavy atom. The van der Waals surface area contributed by atoms with Gasteiger partial charge in [0.2, 0.25) is 0 Å². The van der Waals surface area contributed by atoms with Gasteiger partial charge in [-0.3, -0.25) is 0 Å². The molecule has 0 saturated carbocycles. The number of anilines is 2. The molecule has 4 heteroatoms. The first kappa shape index (κ1) is 13.3. The Balaban J connectivity index is 2.28. The third-order valence-electron chi connectivity index (χ3n) is 2.83. The lowest BCUT2D eigenvalue weighted by Gasteiger charge is -2.13. The van der Waals surface area contributed by atoms with Crippen LogP contribution in [-0.4, -0.2) is 10.4 Å². The molecule has 0 aliphatic rings. The van der Waals surface area contributed by atoms with Crippen molar-refractivity contribution in [1.29, 1.82) is 0 Å². The lowest BCUT2D eigenvalue weighted by atomic mass is 10.1. The minimum Gasteiger partial charge on any atom is -0.383 e. The van der Waals surface area contributed by atoms with E-state index in [4.69, 9.17) is 5.73 Å². The Kier molecular flexibility index (Phi) is 5.60. The molecule has 1 aromatic heterocycles. The third kappa shape index (κ3) is 4.00. The van der Waals surface area contributed by atoms with Crippen molar-refractivity contribution in [3.05, 3.63) is 5.56 Å². The van der Waals surface area contributed by atoms with Gasteiger partial charge < -0.3 is 11.1 Å². The summed E-state index contributed by atoms with van der Waals surface area (Å²) in [4.78, 5) is 0. The van der Waals surface area contributed by atoms with Gasteiger partial charge in [0.05, 0.1) is 0 Å². The van der Waals surface area contributed by atoms with Crippen LogP contribution in [-0.2, 0) is 0 Å². The van der Waals surface area contributed by atoms with Crippen LogP contribution in [0, 0.1) is 6.92 Å². The van der Waals surface area contributed by atoms with Crippen molar-refractivity contribution >= 4 is 22.4 Å². The summed E-state index contributed by atoms with van der Waals surface area (Å²) in [5.41, 5.74) is 6.80. The van der Waals surface area contributed by atoms with Gasteiger partial charge in [-0.15, -0.1) is 0 Å². The summed E-state index contributed by atoms with van der Waals surface area (Å²) in [6, 6.07) is 0.510. The van der Waals surface area contributed by atoms with E-state index in [9.17, 15) is 0 Å². The van der Waals surface area contributed by atoms with E-state index in [1.807, 2.05) is 6.92 Å². The normalized spacial score (nSPS) is 12.7. The highest BCUT2D eigenvalue weighted by Gasteiger charge is 2.09. The van der Waals surface area contributed by atoms with Gasteiger partial charge in [0.15, 0.2) is 0 Å². The van der Waals surface area contributed by atoms with Crippen molar-refractivity contribution in [2.45, 2.75) is 58.9 Å². The van der Waals surface area contributed by atoms with Crippen LogP contribution < -0.4 is 11.1 Å². The largest absolute Gasteiger partial charge is 0.383 e. The van der Waals surface area contributed by atoms with Crippen LogP contribution in [0.2, 0.25) is 0 Å². The van der Waals surface area contributed by atoms with Gasteiger partial charge in [-0.1, -0.05) is 32.6 Å². The van der Waals surface area contributed by atoms with Gasteiger partial charge in [0.1, 0.15) is 10.8 Å². The SMILES string of the molecule is CCCCCCC(C)Nc1snc(N)c1C. The summed E-state index contributed by atoms with van der Waals surface area (Å²) in [7, 11) is 0. The maximum absolute atomic E-state index is 5.72. The highest BCUT2D eigenvalue weighted by atomic mass is 32.1. The van der Waals surface area contributed by atoms with Crippen LogP contribution in [0.3, 0.4) is 0 Å². The zero-order valence-electron chi connectivity index (χ0n) is 10.5. The molecule has 1 aromatic rings. The van der Waals surface area contributed by atoms with Crippen LogP contribution in [0.4, 0.5) is 10.8 Å². The van der Waals surface area contributed by atoms with Crippen molar-refractivity contribution in [2.75, 3.05) is 11.1 Å². The fraction of sp³-hybridized carbons (Fsp3) is 0.750. The van der Waals surface area contributed by atoms with Gasteiger partial charge >= 0.3 is 0 Å². The van der Waals surface area contributed by atoms with E-state index in [1.165, 1.54) is 43.6 Å². The first-order valence-electron chi connectivity index (χ1n) is 6.13. The molecule has 92 valence electrons. The van der Waals surface area contributed by atoms with Gasteiger partial charge in [0, 0.05) is 11.6 Å². The Morgan fingerprint density at radius 1 is 1.38 bits per heavy atom. The molecule has 0 aromatic carbocycles. The van der Waals surface area contributed by atoms with Crippen LogP contribution in [0.5, 0.6) is 0 Å². The number of aromatic nitrogens is 1. The number of hydrogen-bond donors (Lipinski definition) is 2. The molecule has 0 aliphatic heterocycles. The van der Waals surface area contributed by atoms with Gasteiger partial charge in [-0.25, -0.2) is 0 Å². The molecular weight excluding hydrogens is 218 g/mol. The number of nitrogens with one attached hydrogen (secondary N) is 1. The Bertz CT molecular complexity index is 309. The molecule has 0 fully saturated rings. The monoisotopic (exact) mass is 241 g/mol. The molecule has 3 nitrogen and oxygen atoms in total. The number of nitrogens with zero attached hydrogens (tertiary/aromatic N) is 1. The Morgan fingerprint density at radius 2 is 2.12 bits per heavy atom. The van der Waals surface area contributed by atoms with E-state index in [1.54, 1.807) is 0 Å². The summed E-state index contributed by atoms with van der Waals surface area (Å²) in [5.74, 6) is 0.658. The summed E-state index contributed by atoms with van der Waals surface area (Å²) in [6.07, 6.45) is 6.50. The Hall–Kier alpha value is -0.770. The molecule has 1 heterocycles. The molecule has 1 atom stereocenters. The van der Waals surface area contributed by atoms with Crippen molar-refractivity contribution in [2.24, 2.45) is 0 Å². The van der Waals surface area contributed by atoms with Crippen LogP contribution in [0.1, 0.15) is 51.5 Å². The van der Waals surface area contributed by atoms with E-state index in [0.717, 1.165) is 10.6 Å². The molecule has 0 bridgehead atoms. The van der Waals surface area contributed by atoms with E-state index in [-0.39, 0.29) is 0 Å². The molecule has 0 amide bonds. The van der Waals surface area contributed by atoms with Crippen molar-refractivity contribution in [3.8, 4) is 0 Å². The predicted molar refractivity (Wildman–Crippen MR) is 73.1 cm³/mol. The quantitative estimate of drug-likeness (QED) is 0.714. The first-order chi connectivity index (χ1) is 7.65. The predicted octanol–water partition coefficient (Wildman–Crippen LogP) is 3.80. The molecule has 0 saturated heterocycles. The Labute approximate surface area is 103 Å². The number of nitrogens with two attached hydrogens (primary N) is 1. The molecule has 1 rings (SSSR count). The summed E-state index contributed by atoms with van der Waals surface area (Å²) in [5, 5.41) is 4.61. The van der Waals surface area contributed by atoms with E-state index in [2.05, 4.69) is 23.5 Å². The standard InChI is InChI=1S/C12H23N3S/c1-4-5-6-7-8-9(2)14-12-10(3)11(13)15-16-12/h9,14H,4-8H2,1-3H3,(H2,13,15). The fourth-order valence-corrected chi connectivity index (χ4v) is 2.48. The maximum Gasteiger partial charge on any atom is 0.142 e. The minimum atomic E-state index is 0.510. The highest BCUT2D eigenvalue weighted by molar-refractivity contribution is 7.10. The third-order valence-corrected chi connectivity index (χ3v) is 3.72. The number of nitrogen functional groups attached to an aromatic ring is 1. The number of rotatable bonds is 7. The maximum atomic E-state index is 5.72. The molecule has 0 radical (unpaired) electrons. The van der Waals surface area contributed by atoms with Crippen LogP contribution >= 0.6 is 11.5 Å². The molecule has 3 N–H and O–H groups in total. The van der Waals surface area contributed by atoms with Gasteiger partial charge in [0.25, 0.3) is 0 Å². The molecule has 0 aliphatic carbocycles. The van der Waals surface area contributed by atoms with Crippen LogP contribution in [0.15, 0.2) is 0 Å². The molecule has 16 heavy (non-hydrogen) atoms. The fourth-order valence-electron chi connectivity index (χ4n) is 1.66. The molecular formula is C12H23N3S. The lowest BCUT2D eigenvalue weighted by molar-refractivity contribution is 0.594. The first-order valence-corrected chi connectivity index (χ1v) is 6.90. The van der Waals surface area contributed by atoms with Crippen LogP contribution in [0.25, 0.3) is 0 Å². The second-order valence-corrected chi connectivity index (χ2v) is 5.19. The molecule has 1 unspecified atom stereocenters. The summed E-state index contributed by atoms with van der Waals surface area (Å²) in [6.45, 7) is 6.48. The zero-order chi connectivity index (χ0) is 12.0. The summed E-state index contributed by atoms with van der Waals surface area (Å²) < 4.78 is 4.14. The van der Waals surface area contributed by atoms with Crippen molar-refractivity contribution in [1.82, 2.24) is 4.37 Å². The van der Waals surface area contributed by atoms with Gasteiger partial charge in [-0.05, 0) is 31.8 Å². The van der Waals surface area contributed by atoms with Gasteiger partial charge in [-0.2, -0.15) is 4.37 Å². The second kappa shape index (κ2) is 6.74. The summed E-state index contributed by atoms with van der Waals surface area (Å²) >= 11 is 1.46. The van der Waals surface area contributed by atoms with E-state index in [0.29, 0.717) is 11.9 Å². The topological polar surface area (TPSA) is 50.9 Å². The zero-order valence-corrected chi connectivity index (χ0v) is 11.4. The van der Waals surface area contributed by atoms with E-state index >= 15 is 0 Å². The average molecular weight is 241 g/mol. The highest BCUT2D eigenvalue weighted by Crippen LogP contribution is 2.26. The lowest BCUT2D eigenvalue weighted by Crippen LogP contribution is -2.14. The van der Waals surface area contributed by atoms with Crippen molar-refractivity contribution < 1.29 is 0 Å².